The van der Waals surface area contributed by atoms with Gasteiger partial charge in [0.15, 0.2) is 5.65 Å². The van der Waals surface area contributed by atoms with Gasteiger partial charge in [-0.1, -0.05) is 18.2 Å². The first-order chi connectivity index (χ1) is 11.0. The molecule has 7 nitrogen and oxygen atoms in total. The van der Waals surface area contributed by atoms with Gasteiger partial charge in [0.05, 0.1) is 11.6 Å². The Morgan fingerprint density at radius 2 is 1.78 bits per heavy atom. The Morgan fingerprint density at radius 3 is 2.43 bits per heavy atom. The number of hydrogen-bond donors (Lipinski definition) is 0. The van der Waals surface area contributed by atoms with Crippen molar-refractivity contribution in [3.8, 4) is 0 Å². The number of amides is 1. The largest absolute Gasteiger partial charge is 0.362 e. The van der Waals surface area contributed by atoms with E-state index in [2.05, 4.69) is 15.1 Å². The predicted molar refractivity (Wildman–Crippen MR) is 89.8 cm³/mol. The normalized spacial score (nSPS) is 10.8. The number of carbonyl (C=O) groups is 1. The molecule has 0 aliphatic rings. The van der Waals surface area contributed by atoms with Crippen LogP contribution in [0.3, 0.4) is 0 Å². The SMILES string of the molecule is CN(C)c1nc(C(=O)N(C)c2ccccc2)nc2c1cnn2C. The second-order valence-electron chi connectivity index (χ2n) is 5.47. The minimum absolute atomic E-state index is 0.149. The van der Waals surface area contributed by atoms with Gasteiger partial charge in [-0.15, -0.1) is 0 Å². The van der Waals surface area contributed by atoms with Crippen LogP contribution in [0.15, 0.2) is 36.5 Å². The molecule has 0 bridgehead atoms. The van der Waals surface area contributed by atoms with E-state index < -0.39 is 0 Å². The lowest BCUT2D eigenvalue weighted by molar-refractivity contribution is 0.0983. The maximum absolute atomic E-state index is 12.7. The summed E-state index contributed by atoms with van der Waals surface area (Å²) < 4.78 is 1.64. The third kappa shape index (κ3) is 2.61. The highest BCUT2D eigenvalue weighted by molar-refractivity contribution is 6.04. The van der Waals surface area contributed by atoms with Crippen molar-refractivity contribution in [3.05, 3.63) is 42.4 Å². The van der Waals surface area contributed by atoms with Crippen molar-refractivity contribution in [3.63, 3.8) is 0 Å². The Hall–Kier alpha value is -2.96. The Labute approximate surface area is 134 Å². The molecule has 7 heteroatoms. The van der Waals surface area contributed by atoms with Crippen LogP contribution in [0.2, 0.25) is 0 Å². The summed E-state index contributed by atoms with van der Waals surface area (Å²) in [5, 5.41) is 5.02. The second kappa shape index (κ2) is 5.68. The summed E-state index contributed by atoms with van der Waals surface area (Å²) in [6, 6.07) is 9.41. The fraction of sp³-hybridized carbons (Fsp3) is 0.250. The lowest BCUT2D eigenvalue weighted by Crippen LogP contribution is -2.29. The third-order valence-electron chi connectivity index (χ3n) is 3.63. The van der Waals surface area contributed by atoms with Crippen LogP contribution in [0.5, 0.6) is 0 Å². The molecule has 0 radical (unpaired) electrons. The molecule has 0 N–H and O–H groups in total. The van der Waals surface area contributed by atoms with Crippen LogP contribution in [0, 0.1) is 0 Å². The maximum atomic E-state index is 12.7. The van der Waals surface area contributed by atoms with Crippen molar-refractivity contribution in [1.29, 1.82) is 0 Å². The van der Waals surface area contributed by atoms with Crippen LogP contribution in [0.4, 0.5) is 11.5 Å². The van der Waals surface area contributed by atoms with Gasteiger partial charge in [-0.25, -0.2) is 9.97 Å². The number of anilines is 2. The van der Waals surface area contributed by atoms with Crippen LogP contribution in [-0.4, -0.2) is 46.8 Å². The summed E-state index contributed by atoms with van der Waals surface area (Å²) in [4.78, 5) is 25.0. The van der Waals surface area contributed by atoms with Gasteiger partial charge in [0.2, 0.25) is 5.82 Å². The number of para-hydroxylation sites is 1. The molecule has 23 heavy (non-hydrogen) atoms. The molecule has 1 amide bonds. The van der Waals surface area contributed by atoms with E-state index in [1.165, 1.54) is 4.90 Å². The minimum atomic E-state index is -0.262. The fourth-order valence-corrected chi connectivity index (χ4v) is 2.36. The van der Waals surface area contributed by atoms with Gasteiger partial charge in [0.1, 0.15) is 5.82 Å². The van der Waals surface area contributed by atoms with E-state index in [9.17, 15) is 4.79 Å². The van der Waals surface area contributed by atoms with Crippen LogP contribution >= 0.6 is 0 Å². The lowest BCUT2D eigenvalue weighted by Gasteiger charge is -2.18. The van der Waals surface area contributed by atoms with Gasteiger partial charge >= 0.3 is 0 Å². The number of aromatic nitrogens is 4. The summed E-state index contributed by atoms with van der Waals surface area (Å²) in [6.07, 6.45) is 1.71. The van der Waals surface area contributed by atoms with Crippen molar-refractivity contribution in [2.45, 2.75) is 0 Å². The highest BCUT2D eigenvalue weighted by Crippen LogP contribution is 2.22. The molecule has 0 aliphatic carbocycles. The van der Waals surface area contributed by atoms with E-state index in [1.807, 2.05) is 49.3 Å². The van der Waals surface area contributed by atoms with Gasteiger partial charge in [-0.05, 0) is 12.1 Å². The quantitative estimate of drug-likeness (QED) is 0.736. The monoisotopic (exact) mass is 310 g/mol. The van der Waals surface area contributed by atoms with Crippen LogP contribution in [-0.2, 0) is 7.05 Å². The molecule has 0 fully saturated rings. The summed E-state index contributed by atoms with van der Waals surface area (Å²) >= 11 is 0. The number of aryl methyl sites for hydroxylation is 1. The molecule has 0 spiro atoms. The van der Waals surface area contributed by atoms with Gasteiger partial charge in [-0.2, -0.15) is 5.10 Å². The molecule has 3 aromatic rings. The van der Waals surface area contributed by atoms with Crippen molar-refractivity contribution < 1.29 is 4.79 Å². The number of rotatable bonds is 3. The number of nitrogens with zero attached hydrogens (tertiary/aromatic N) is 6. The van der Waals surface area contributed by atoms with Gasteiger partial charge in [0.25, 0.3) is 5.91 Å². The average molecular weight is 310 g/mol. The van der Waals surface area contributed by atoms with Crippen molar-refractivity contribution in [1.82, 2.24) is 19.7 Å². The standard InChI is InChI=1S/C16H18N6O/c1-20(2)14-12-10-17-22(4)15(12)19-13(18-14)16(23)21(3)11-8-6-5-7-9-11/h5-10H,1-4H3. The van der Waals surface area contributed by atoms with Gasteiger partial charge < -0.3 is 9.80 Å². The molecular weight excluding hydrogens is 292 g/mol. The van der Waals surface area contributed by atoms with E-state index in [4.69, 9.17) is 0 Å². The van der Waals surface area contributed by atoms with E-state index in [-0.39, 0.29) is 11.7 Å². The molecule has 1 aromatic carbocycles. The molecule has 2 heterocycles. The average Bonchev–Trinajstić information content (AvgIpc) is 2.94. The molecular formula is C16H18N6O. The first-order valence-electron chi connectivity index (χ1n) is 7.19. The van der Waals surface area contributed by atoms with E-state index in [0.717, 1.165) is 11.1 Å². The molecule has 0 unspecified atom stereocenters. The van der Waals surface area contributed by atoms with Crippen LogP contribution in [0.1, 0.15) is 10.6 Å². The number of carbonyl (C=O) groups excluding carboxylic acids is 1. The summed E-state index contributed by atoms with van der Waals surface area (Å²) in [5.74, 6) is 0.562. The molecule has 0 saturated carbocycles. The van der Waals surface area contributed by atoms with Crippen molar-refractivity contribution in [2.24, 2.45) is 7.05 Å². The topological polar surface area (TPSA) is 67.2 Å². The zero-order valence-electron chi connectivity index (χ0n) is 13.6. The fourth-order valence-electron chi connectivity index (χ4n) is 2.36. The smallest absolute Gasteiger partial charge is 0.295 e. The molecule has 0 atom stereocenters. The Bertz CT molecular complexity index is 856. The summed E-state index contributed by atoms with van der Waals surface area (Å²) in [5.41, 5.74) is 1.42. The van der Waals surface area contributed by atoms with Crippen molar-refractivity contribution in [2.75, 3.05) is 30.9 Å². The van der Waals surface area contributed by atoms with E-state index in [0.29, 0.717) is 11.5 Å². The predicted octanol–water partition coefficient (Wildman–Crippen LogP) is 1.71. The van der Waals surface area contributed by atoms with Gasteiger partial charge in [0, 0.05) is 33.9 Å². The second-order valence-corrected chi connectivity index (χ2v) is 5.47. The number of fused-ring (bicyclic) bond motifs is 1. The van der Waals surface area contributed by atoms with Crippen molar-refractivity contribution >= 4 is 28.4 Å². The third-order valence-corrected chi connectivity index (χ3v) is 3.63. The first kappa shape index (κ1) is 15.0. The number of hydrogen-bond acceptors (Lipinski definition) is 5. The zero-order chi connectivity index (χ0) is 16.6. The minimum Gasteiger partial charge on any atom is -0.362 e. The Morgan fingerprint density at radius 1 is 1.09 bits per heavy atom. The highest BCUT2D eigenvalue weighted by Gasteiger charge is 2.21. The summed E-state index contributed by atoms with van der Waals surface area (Å²) in [7, 11) is 7.27. The molecule has 118 valence electrons. The molecule has 0 aliphatic heterocycles. The van der Waals surface area contributed by atoms with Gasteiger partial charge in [-0.3, -0.25) is 9.48 Å². The zero-order valence-corrected chi connectivity index (χ0v) is 13.6. The Kier molecular flexibility index (Phi) is 3.69. The Balaban J connectivity index is 2.09. The first-order valence-corrected chi connectivity index (χ1v) is 7.19. The maximum Gasteiger partial charge on any atom is 0.295 e. The molecule has 0 saturated heterocycles. The number of benzene rings is 1. The van der Waals surface area contributed by atoms with Crippen LogP contribution < -0.4 is 9.80 Å². The molecule has 3 rings (SSSR count). The van der Waals surface area contributed by atoms with E-state index >= 15 is 0 Å². The summed E-state index contributed by atoms with van der Waals surface area (Å²) in [6.45, 7) is 0. The lowest BCUT2D eigenvalue weighted by atomic mass is 10.3. The highest BCUT2D eigenvalue weighted by atomic mass is 16.2. The molecule has 2 aromatic heterocycles. The van der Waals surface area contributed by atoms with Crippen LogP contribution in [0.25, 0.3) is 11.0 Å². The van der Waals surface area contributed by atoms with E-state index in [1.54, 1.807) is 25.0 Å².